The Morgan fingerprint density at radius 2 is 2.25 bits per heavy atom. The van der Waals surface area contributed by atoms with Gasteiger partial charge in [-0.2, -0.15) is 0 Å². The molecule has 1 fully saturated rings. The molecule has 126 valence electrons. The van der Waals surface area contributed by atoms with E-state index in [0.717, 1.165) is 61.9 Å². The van der Waals surface area contributed by atoms with Crippen molar-refractivity contribution < 1.29 is 4.79 Å². The van der Waals surface area contributed by atoms with Crippen LogP contribution < -0.4 is 4.90 Å². The lowest BCUT2D eigenvalue weighted by Gasteiger charge is -2.36. The average Bonchev–Trinajstić information content (AvgIpc) is 3.01. The maximum absolute atomic E-state index is 13.0. The summed E-state index contributed by atoms with van der Waals surface area (Å²) in [6, 6.07) is 5.95. The summed E-state index contributed by atoms with van der Waals surface area (Å²) in [5, 5.41) is 0. The van der Waals surface area contributed by atoms with Crippen molar-refractivity contribution in [3.05, 3.63) is 41.6 Å². The molecule has 4 rings (SSSR count). The zero-order valence-corrected chi connectivity index (χ0v) is 14.0. The number of pyridine rings is 1. The minimum absolute atomic E-state index is 0.0614. The van der Waals surface area contributed by atoms with E-state index in [1.807, 2.05) is 36.2 Å². The number of H-pyrrole nitrogens is 1. The molecule has 1 saturated heterocycles. The number of rotatable bonds is 2. The number of aryl methyl sites for hydroxylation is 1. The van der Waals surface area contributed by atoms with Gasteiger partial charge in [-0.05, 0) is 31.9 Å². The number of carbonyl (C=O) groups is 1. The van der Waals surface area contributed by atoms with Crippen molar-refractivity contribution in [2.45, 2.75) is 32.7 Å². The van der Waals surface area contributed by atoms with E-state index in [1.54, 1.807) is 0 Å². The summed E-state index contributed by atoms with van der Waals surface area (Å²) in [4.78, 5) is 29.4. The predicted octanol–water partition coefficient (Wildman–Crippen LogP) is 1.91. The molecule has 1 N–H and O–H groups in total. The molecule has 0 radical (unpaired) electrons. The monoisotopic (exact) mass is 325 g/mol. The number of hydrogen-bond acceptors (Lipinski definition) is 4. The van der Waals surface area contributed by atoms with Crippen molar-refractivity contribution >= 4 is 11.7 Å². The number of amides is 1. The summed E-state index contributed by atoms with van der Waals surface area (Å²) in [6.07, 6.45) is 4.67. The van der Waals surface area contributed by atoms with Gasteiger partial charge in [0.1, 0.15) is 11.6 Å². The summed E-state index contributed by atoms with van der Waals surface area (Å²) < 4.78 is 0. The number of aromatic nitrogens is 3. The zero-order chi connectivity index (χ0) is 16.5. The third-order valence-corrected chi connectivity index (χ3v) is 5.01. The van der Waals surface area contributed by atoms with Gasteiger partial charge in [0.15, 0.2) is 0 Å². The van der Waals surface area contributed by atoms with Gasteiger partial charge in [0.05, 0.1) is 23.9 Å². The summed E-state index contributed by atoms with van der Waals surface area (Å²) in [5.41, 5.74) is 2.22. The Bertz CT molecular complexity index is 726. The number of anilines is 1. The van der Waals surface area contributed by atoms with Gasteiger partial charge in [-0.3, -0.25) is 4.79 Å². The van der Waals surface area contributed by atoms with Gasteiger partial charge in [0.25, 0.3) is 0 Å². The van der Waals surface area contributed by atoms with Crippen LogP contribution in [0.5, 0.6) is 0 Å². The number of nitrogens with one attached hydrogen (secondary N) is 1. The Hall–Kier alpha value is -2.37. The molecule has 0 aromatic carbocycles. The van der Waals surface area contributed by atoms with Crippen LogP contribution in [0, 0.1) is 12.8 Å². The summed E-state index contributed by atoms with van der Waals surface area (Å²) in [6.45, 7) is 5.15. The highest BCUT2D eigenvalue weighted by Crippen LogP contribution is 2.25. The van der Waals surface area contributed by atoms with E-state index in [9.17, 15) is 4.79 Å². The van der Waals surface area contributed by atoms with E-state index in [1.165, 1.54) is 0 Å². The van der Waals surface area contributed by atoms with Crippen molar-refractivity contribution in [1.29, 1.82) is 0 Å². The minimum Gasteiger partial charge on any atom is -0.356 e. The van der Waals surface area contributed by atoms with Crippen LogP contribution in [0.2, 0.25) is 0 Å². The molecular weight excluding hydrogens is 302 g/mol. The second-order valence-corrected chi connectivity index (χ2v) is 6.73. The fraction of sp³-hybridized carbons (Fsp3) is 0.500. The highest BCUT2D eigenvalue weighted by Gasteiger charge is 2.32. The SMILES string of the molecule is Cc1nc2c([nH]1)CN(C(=O)[C@@H]1CCCN(c3ccccn3)C1)CC2. The largest absolute Gasteiger partial charge is 0.356 e. The van der Waals surface area contributed by atoms with Gasteiger partial charge < -0.3 is 14.8 Å². The molecule has 0 saturated carbocycles. The molecule has 2 aliphatic heterocycles. The molecule has 2 aromatic rings. The molecule has 6 nitrogen and oxygen atoms in total. The van der Waals surface area contributed by atoms with Gasteiger partial charge in [-0.25, -0.2) is 9.97 Å². The summed E-state index contributed by atoms with van der Waals surface area (Å²) in [5.74, 6) is 2.24. The zero-order valence-electron chi connectivity index (χ0n) is 14.0. The first kappa shape index (κ1) is 15.2. The molecule has 24 heavy (non-hydrogen) atoms. The molecule has 0 spiro atoms. The minimum atomic E-state index is 0.0614. The van der Waals surface area contributed by atoms with Crippen LogP contribution in [-0.4, -0.2) is 45.4 Å². The fourth-order valence-electron chi connectivity index (χ4n) is 3.81. The normalized spacial score (nSPS) is 20.8. The van der Waals surface area contributed by atoms with Gasteiger partial charge in [-0.15, -0.1) is 0 Å². The summed E-state index contributed by atoms with van der Waals surface area (Å²) >= 11 is 0. The number of nitrogens with zero attached hydrogens (tertiary/aromatic N) is 4. The fourth-order valence-corrected chi connectivity index (χ4v) is 3.81. The topological polar surface area (TPSA) is 65.1 Å². The molecule has 2 aliphatic rings. The second kappa shape index (κ2) is 6.26. The Balaban J connectivity index is 1.45. The van der Waals surface area contributed by atoms with Gasteiger partial charge in [-0.1, -0.05) is 6.07 Å². The maximum atomic E-state index is 13.0. The van der Waals surface area contributed by atoms with E-state index in [4.69, 9.17) is 0 Å². The van der Waals surface area contributed by atoms with Crippen LogP contribution in [0.4, 0.5) is 5.82 Å². The molecule has 6 heteroatoms. The van der Waals surface area contributed by atoms with Crippen molar-refractivity contribution in [2.24, 2.45) is 5.92 Å². The van der Waals surface area contributed by atoms with Crippen LogP contribution in [0.25, 0.3) is 0 Å². The highest BCUT2D eigenvalue weighted by atomic mass is 16.2. The van der Waals surface area contributed by atoms with Crippen LogP contribution in [0.15, 0.2) is 24.4 Å². The first-order valence-electron chi connectivity index (χ1n) is 8.70. The molecule has 0 unspecified atom stereocenters. The lowest BCUT2D eigenvalue weighted by molar-refractivity contribution is -0.136. The quantitative estimate of drug-likeness (QED) is 0.916. The first-order chi connectivity index (χ1) is 11.7. The van der Waals surface area contributed by atoms with E-state index in [2.05, 4.69) is 19.9 Å². The highest BCUT2D eigenvalue weighted by molar-refractivity contribution is 5.80. The lowest BCUT2D eigenvalue weighted by atomic mass is 9.95. The predicted molar refractivity (Wildman–Crippen MR) is 91.6 cm³/mol. The van der Waals surface area contributed by atoms with Gasteiger partial charge in [0.2, 0.25) is 5.91 Å². The van der Waals surface area contributed by atoms with Gasteiger partial charge in [0, 0.05) is 32.3 Å². The van der Waals surface area contributed by atoms with Crippen molar-refractivity contribution in [3.63, 3.8) is 0 Å². The van der Waals surface area contributed by atoms with Crippen molar-refractivity contribution in [1.82, 2.24) is 19.9 Å². The van der Waals surface area contributed by atoms with E-state index < -0.39 is 0 Å². The standard InChI is InChI=1S/C18H23N5O/c1-13-20-15-7-10-23(12-16(15)21-13)18(24)14-5-4-9-22(11-14)17-6-2-3-8-19-17/h2-3,6,8,14H,4-5,7,9-12H2,1H3,(H,20,21)/t14-/m1/s1. The lowest BCUT2D eigenvalue weighted by Crippen LogP contribution is -2.46. The van der Waals surface area contributed by atoms with Crippen LogP contribution in [0.1, 0.15) is 30.1 Å². The molecule has 1 amide bonds. The first-order valence-corrected chi connectivity index (χ1v) is 8.70. The average molecular weight is 325 g/mol. The second-order valence-electron chi connectivity index (χ2n) is 6.73. The number of piperidine rings is 1. The molecule has 0 bridgehead atoms. The molecule has 1 atom stereocenters. The molecule has 4 heterocycles. The summed E-state index contributed by atoms with van der Waals surface area (Å²) in [7, 11) is 0. The third kappa shape index (κ3) is 2.88. The van der Waals surface area contributed by atoms with Crippen LogP contribution in [0.3, 0.4) is 0 Å². The van der Waals surface area contributed by atoms with E-state index >= 15 is 0 Å². The Labute approximate surface area is 141 Å². The molecule has 2 aromatic heterocycles. The van der Waals surface area contributed by atoms with Gasteiger partial charge >= 0.3 is 0 Å². The number of imidazole rings is 1. The smallest absolute Gasteiger partial charge is 0.227 e. The van der Waals surface area contributed by atoms with E-state index in [0.29, 0.717) is 6.54 Å². The van der Waals surface area contributed by atoms with E-state index in [-0.39, 0.29) is 11.8 Å². The van der Waals surface area contributed by atoms with Crippen molar-refractivity contribution in [2.75, 3.05) is 24.5 Å². The Kier molecular flexibility index (Phi) is 3.96. The molecular formula is C18H23N5O. The number of aromatic amines is 1. The number of fused-ring (bicyclic) bond motifs is 1. The maximum Gasteiger partial charge on any atom is 0.227 e. The third-order valence-electron chi connectivity index (χ3n) is 5.01. The number of hydrogen-bond donors (Lipinski definition) is 1. The molecule has 0 aliphatic carbocycles. The van der Waals surface area contributed by atoms with Crippen molar-refractivity contribution in [3.8, 4) is 0 Å². The number of carbonyl (C=O) groups excluding carboxylic acids is 1. The van der Waals surface area contributed by atoms with Crippen LogP contribution >= 0.6 is 0 Å². The Morgan fingerprint density at radius 3 is 3.08 bits per heavy atom. The van der Waals surface area contributed by atoms with Crippen LogP contribution in [-0.2, 0) is 17.8 Å². The Morgan fingerprint density at radius 1 is 1.33 bits per heavy atom.